The van der Waals surface area contributed by atoms with Crippen LogP contribution < -0.4 is 5.56 Å². The highest BCUT2D eigenvalue weighted by molar-refractivity contribution is 5.87. The number of fused-ring (bicyclic) bond motifs is 1. The van der Waals surface area contributed by atoms with Crippen molar-refractivity contribution in [2.45, 2.75) is 18.8 Å². The second-order valence-corrected chi connectivity index (χ2v) is 4.43. The molecule has 0 bridgehead atoms. The third-order valence-corrected chi connectivity index (χ3v) is 3.13. The molecule has 2 aromatic heterocycles. The van der Waals surface area contributed by atoms with Crippen LogP contribution in [0, 0.1) is 0 Å². The Morgan fingerprint density at radius 3 is 2.89 bits per heavy atom. The number of hydrogen-bond donors (Lipinski definition) is 0. The molecule has 0 radical (unpaired) electrons. The average Bonchev–Trinajstić information content (AvgIpc) is 3.21. The third kappa shape index (κ3) is 1.77. The first-order chi connectivity index (χ1) is 8.69. The van der Waals surface area contributed by atoms with Crippen molar-refractivity contribution in [1.82, 2.24) is 9.38 Å². The fourth-order valence-corrected chi connectivity index (χ4v) is 2.00. The molecule has 5 heteroatoms. The Morgan fingerprint density at radius 1 is 1.44 bits per heavy atom. The standard InChI is InChI=1S/C13H12N2O3/c1-18-13(17)10-7-12(16)15-5-4-9(8-2-3-8)6-11(15)14-10/h4-8H,2-3H2,1H3. The molecule has 1 fully saturated rings. The van der Waals surface area contributed by atoms with Gasteiger partial charge in [0.15, 0.2) is 5.69 Å². The van der Waals surface area contributed by atoms with Crippen molar-refractivity contribution in [3.05, 3.63) is 46.0 Å². The van der Waals surface area contributed by atoms with Crippen LogP contribution in [0.25, 0.3) is 5.65 Å². The molecule has 0 unspecified atom stereocenters. The lowest BCUT2D eigenvalue weighted by Gasteiger charge is -2.04. The van der Waals surface area contributed by atoms with Crippen LogP contribution in [-0.2, 0) is 4.74 Å². The van der Waals surface area contributed by atoms with Gasteiger partial charge in [-0.3, -0.25) is 9.20 Å². The van der Waals surface area contributed by atoms with Gasteiger partial charge in [0.2, 0.25) is 0 Å². The molecule has 18 heavy (non-hydrogen) atoms. The van der Waals surface area contributed by atoms with E-state index in [2.05, 4.69) is 9.72 Å². The summed E-state index contributed by atoms with van der Waals surface area (Å²) in [6.45, 7) is 0. The van der Waals surface area contributed by atoms with E-state index in [1.54, 1.807) is 6.20 Å². The Kier molecular flexibility index (Phi) is 2.40. The largest absolute Gasteiger partial charge is 0.464 e. The van der Waals surface area contributed by atoms with Gasteiger partial charge in [-0.1, -0.05) is 0 Å². The van der Waals surface area contributed by atoms with E-state index in [1.807, 2.05) is 12.1 Å². The van der Waals surface area contributed by atoms with Crippen molar-refractivity contribution >= 4 is 11.6 Å². The smallest absolute Gasteiger partial charge is 0.356 e. The monoisotopic (exact) mass is 244 g/mol. The van der Waals surface area contributed by atoms with Gasteiger partial charge in [0.1, 0.15) is 5.65 Å². The van der Waals surface area contributed by atoms with Gasteiger partial charge >= 0.3 is 5.97 Å². The number of rotatable bonds is 2. The zero-order chi connectivity index (χ0) is 12.7. The Labute approximate surface area is 103 Å². The summed E-state index contributed by atoms with van der Waals surface area (Å²) < 4.78 is 6.01. The molecule has 0 atom stereocenters. The lowest BCUT2D eigenvalue weighted by Crippen LogP contribution is -2.18. The number of methoxy groups -OCH3 is 1. The molecular weight excluding hydrogens is 232 g/mol. The fourth-order valence-electron chi connectivity index (χ4n) is 2.00. The Bertz CT molecular complexity index is 686. The SMILES string of the molecule is COC(=O)c1cc(=O)n2ccc(C3CC3)cc2n1. The van der Waals surface area contributed by atoms with E-state index < -0.39 is 5.97 Å². The molecule has 1 saturated carbocycles. The molecule has 0 amide bonds. The highest BCUT2D eigenvalue weighted by Crippen LogP contribution is 2.39. The first-order valence-electron chi connectivity index (χ1n) is 5.81. The second kappa shape index (κ2) is 3.94. The molecule has 2 heterocycles. The van der Waals surface area contributed by atoms with Crippen LogP contribution in [0.4, 0.5) is 0 Å². The molecule has 0 N–H and O–H groups in total. The molecule has 3 rings (SSSR count). The van der Waals surface area contributed by atoms with E-state index in [4.69, 9.17) is 0 Å². The first kappa shape index (κ1) is 11.0. The van der Waals surface area contributed by atoms with Crippen molar-refractivity contribution in [2.75, 3.05) is 7.11 Å². The van der Waals surface area contributed by atoms with Crippen molar-refractivity contribution in [3.63, 3.8) is 0 Å². The fraction of sp³-hybridized carbons (Fsp3) is 0.308. The molecule has 0 aromatic carbocycles. The number of carbonyl (C=O) groups excluding carboxylic acids is 1. The Balaban J connectivity index is 2.19. The molecular formula is C13H12N2O3. The minimum atomic E-state index is -0.591. The summed E-state index contributed by atoms with van der Waals surface area (Å²) in [5.74, 6) is -0.0138. The van der Waals surface area contributed by atoms with Crippen LogP contribution in [0.1, 0.15) is 34.8 Å². The van der Waals surface area contributed by atoms with Gasteiger partial charge in [-0.25, -0.2) is 9.78 Å². The van der Waals surface area contributed by atoms with Crippen LogP contribution in [0.3, 0.4) is 0 Å². The third-order valence-electron chi connectivity index (χ3n) is 3.13. The van der Waals surface area contributed by atoms with E-state index >= 15 is 0 Å². The summed E-state index contributed by atoms with van der Waals surface area (Å²) in [4.78, 5) is 27.4. The number of ether oxygens (including phenoxy) is 1. The molecule has 5 nitrogen and oxygen atoms in total. The maximum Gasteiger partial charge on any atom is 0.356 e. The molecule has 0 saturated heterocycles. The molecule has 2 aromatic rings. The van der Waals surface area contributed by atoms with Gasteiger partial charge in [0.05, 0.1) is 7.11 Å². The summed E-state index contributed by atoms with van der Waals surface area (Å²) in [6.07, 6.45) is 4.06. The summed E-state index contributed by atoms with van der Waals surface area (Å²) in [7, 11) is 1.27. The normalized spacial score (nSPS) is 14.7. The summed E-state index contributed by atoms with van der Waals surface area (Å²) in [5, 5.41) is 0. The lowest BCUT2D eigenvalue weighted by molar-refractivity contribution is 0.0594. The molecule has 0 aliphatic heterocycles. The van der Waals surface area contributed by atoms with Gasteiger partial charge in [-0.2, -0.15) is 0 Å². The van der Waals surface area contributed by atoms with E-state index in [0.717, 1.165) is 0 Å². The first-order valence-corrected chi connectivity index (χ1v) is 5.81. The average molecular weight is 244 g/mol. The van der Waals surface area contributed by atoms with Gasteiger partial charge < -0.3 is 4.74 Å². The Hall–Kier alpha value is -2.17. The number of esters is 1. The number of nitrogens with zero attached hydrogens (tertiary/aromatic N) is 2. The summed E-state index contributed by atoms with van der Waals surface area (Å²) >= 11 is 0. The molecule has 0 spiro atoms. The summed E-state index contributed by atoms with van der Waals surface area (Å²) in [5.41, 5.74) is 1.44. The van der Waals surface area contributed by atoms with Crippen LogP contribution >= 0.6 is 0 Å². The quantitative estimate of drug-likeness (QED) is 0.748. The lowest BCUT2D eigenvalue weighted by atomic mass is 10.2. The van der Waals surface area contributed by atoms with Crippen molar-refractivity contribution in [2.24, 2.45) is 0 Å². The number of aromatic nitrogens is 2. The molecule has 1 aliphatic carbocycles. The number of pyridine rings is 1. The maximum atomic E-state index is 11.8. The van der Waals surface area contributed by atoms with Gasteiger partial charge in [0, 0.05) is 12.3 Å². The second-order valence-electron chi connectivity index (χ2n) is 4.43. The zero-order valence-corrected chi connectivity index (χ0v) is 9.92. The topological polar surface area (TPSA) is 60.7 Å². The van der Waals surface area contributed by atoms with E-state index in [-0.39, 0.29) is 11.3 Å². The number of carbonyl (C=O) groups is 1. The van der Waals surface area contributed by atoms with Crippen molar-refractivity contribution in [3.8, 4) is 0 Å². The van der Waals surface area contributed by atoms with Crippen LogP contribution in [0.5, 0.6) is 0 Å². The van der Waals surface area contributed by atoms with Crippen LogP contribution in [-0.4, -0.2) is 22.5 Å². The van der Waals surface area contributed by atoms with Crippen molar-refractivity contribution < 1.29 is 9.53 Å². The Morgan fingerprint density at radius 2 is 2.22 bits per heavy atom. The van der Waals surface area contributed by atoms with Gasteiger partial charge in [0.25, 0.3) is 5.56 Å². The van der Waals surface area contributed by atoms with Crippen LogP contribution in [0.2, 0.25) is 0 Å². The predicted octanol–water partition coefficient (Wildman–Crippen LogP) is 1.36. The van der Waals surface area contributed by atoms with Crippen LogP contribution in [0.15, 0.2) is 29.2 Å². The summed E-state index contributed by atoms with van der Waals surface area (Å²) in [6, 6.07) is 4.99. The number of hydrogen-bond acceptors (Lipinski definition) is 4. The van der Waals surface area contributed by atoms with E-state index in [0.29, 0.717) is 11.6 Å². The highest BCUT2D eigenvalue weighted by Gasteiger charge is 2.24. The van der Waals surface area contributed by atoms with Gasteiger partial charge in [-0.15, -0.1) is 0 Å². The minimum absolute atomic E-state index is 0.0513. The predicted molar refractivity (Wildman–Crippen MR) is 64.8 cm³/mol. The van der Waals surface area contributed by atoms with E-state index in [9.17, 15) is 9.59 Å². The maximum absolute atomic E-state index is 11.8. The van der Waals surface area contributed by atoms with E-state index in [1.165, 1.54) is 36.0 Å². The highest BCUT2D eigenvalue weighted by atomic mass is 16.5. The minimum Gasteiger partial charge on any atom is -0.464 e. The zero-order valence-electron chi connectivity index (χ0n) is 9.92. The van der Waals surface area contributed by atoms with Crippen molar-refractivity contribution in [1.29, 1.82) is 0 Å². The molecule has 1 aliphatic rings. The van der Waals surface area contributed by atoms with Gasteiger partial charge in [-0.05, 0) is 36.5 Å². The molecule has 92 valence electrons.